The van der Waals surface area contributed by atoms with Gasteiger partial charge in [-0.15, -0.1) is 0 Å². The van der Waals surface area contributed by atoms with Crippen LogP contribution in [0.4, 0.5) is 0 Å². The molecule has 1 aromatic rings. The van der Waals surface area contributed by atoms with E-state index in [4.69, 9.17) is 0 Å². The van der Waals surface area contributed by atoms with Crippen molar-refractivity contribution in [1.29, 1.82) is 0 Å². The number of hydrogen-bond acceptors (Lipinski definition) is 4. The smallest absolute Gasteiger partial charge is 0.246 e. The summed E-state index contributed by atoms with van der Waals surface area (Å²) in [6, 6.07) is 4.66. The summed E-state index contributed by atoms with van der Waals surface area (Å²) in [5.74, 6) is -1.05. The van der Waals surface area contributed by atoms with E-state index in [0.29, 0.717) is 6.54 Å². The molecular weight excluding hydrogens is 366 g/mol. The highest BCUT2D eigenvalue weighted by Gasteiger charge is 2.45. The number of ketones is 1. The molecule has 0 aromatic heterocycles. The Morgan fingerprint density at radius 3 is 2.33 bits per heavy atom. The maximum atomic E-state index is 12.7. The van der Waals surface area contributed by atoms with Crippen LogP contribution in [0.15, 0.2) is 29.2 Å². The van der Waals surface area contributed by atoms with E-state index in [-0.39, 0.29) is 10.5 Å². The highest BCUT2D eigenvalue weighted by atomic mass is 32.2. The normalized spacial score (nSPS) is 19.6. The third-order valence-electron chi connectivity index (χ3n) is 5.79. The second-order valence-corrected chi connectivity index (χ2v) is 8.91. The van der Waals surface area contributed by atoms with Gasteiger partial charge in [-0.1, -0.05) is 12.1 Å². The van der Waals surface area contributed by atoms with Gasteiger partial charge in [0.25, 0.3) is 0 Å². The van der Waals surface area contributed by atoms with Crippen molar-refractivity contribution in [3.8, 4) is 0 Å². The zero-order valence-electron chi connectivity index (χ0n) is 16.6. The van der Waals surface area contributed by atoms with Gasteiger partial charge in [0.05, 0.1) is 31.1 Å². The van der Waals surface area contributed by atoms with E-state index >= 15 is 0 Å². The zero-order valence-corrected chi connectivity index (χ0v) is 17.4. The average molecular weight is 397 g/mol. The van der Waals surface area contributed by atoms with Crippen molar-refractivity contribution >= 4 is 21.7 Å². The summed E-state index contributed by atoms with van der Waals surface area (Å²) in [5, 5.41) is 2.75. The molecule has 0 saturated carbocycles. The Morgan fingerprint density at radius 2 is 1.74 bits per heavy atom. The number of Topliss-reactive ketones (excluding diaryl/α,β-unsaturated/α-hetero) is 1. The van der Waals surface area contributed by atoms with Gasteiger partial charge in [0, 0.05) is 25.6 Å². The van der Waals surface area contributed by atoms with Gasteiger partial charge in [0.15, 0.2) is 11.8 Å². The lowest BCUT2D eigenvalue weighted by molar-refractivity contribution is -0.923. The molecule has 2 rings (SSSR count). The van der Waals surface area contributed by atoms with Crippen LogP contribution in [0.3, 0.4) is 0 Å². The Morgan fingerprint density at radius 1 is 1.15 bits per heavy atom. The highest BCUT2D eigenvalue weighted by molar-refractivity contribution is 7.89. The zero-order chi connectivity index (χ0) is 20.2. The molecule has 8 heteroatoms. The fourth-order valence-electron chi connectivity index (χ4n) is 3.65. The molecule has 1 unspecified atom stereocenters. The van der Waals surface area contributed by atoms with Gasteiger partial charge < -0.3 is 9.80 Å². The molecule has 1 aliphatic heterocycles. The number of nitrogens with one attached hydrogen (secondary N) is 1. The summed E-state index contributed by atoms with van der Waals surface area (Å²) in [6.07, 6.45) is 0.773. The Labute approximate surface area is 162 Å². The number of carbonyl (C=O) groups is 2. The van der Waals surface area contributed by atoms with Crippen LogP contribution in [0.25, 0.3) is 0 Å². The molecule has 0 bridgehead atoms. The molecule has 1 aliphatic rings. The molecule has 1 amide bonds. The van der Waals surface area contributed by atoms with Crippen LogP contribution < -0.4 is 5.32 Å². The van der Waals surface area contributed by atoms with Crippen molar-refractivity contribution in [2.45, 2.75) is 38.1 Å². The SMILES string of the molecule is CC[N+](CC)(CC)CCCNC(=O)C1C(=O)c2ccccc2S(=O)(=O)N1C. The molecular formula is C19H30N3O4S+. The Hall–Kier alpha value is -1.77. The largest absolute Gasteiger partial charge is 0.354 e. The number of carbonyl (C=O) groups excluding carboxylic acids is 2. The van der Waals surface area contributed by atoms with Gasteiger partial charge >= 0.3 is 0 Å². The monoisotopic (exact) mass is 396 g/mol. The van der Waals surface area contributed by atoms with E-state index in [9.17, 15) is 18.0 Å². The molecule has 0 aliphatic carbocycles. The maximum absolute atomic E-state index is 12.7. The first-order valence-corrected chi connectivity index (χ1v) is 10.9. The molecule has 0 fully saturated rings. The first kappa shape index (κ1) is 21.5. The molecule has 1 aromatic carbocycles. The number of nitrogens with zero attached hydrogens (tertiary/aromatic N) is 2. The van der Waals surface area contributed by atoms with Crippen molar-refractivity contribution in [2.75, 3.05) is 39.8 Å². The molecule has 1 heterocycles. The molecule has 0 radical (unpaired) electrons. The lowest BCUT2D eigenvalue weighted by Crippen LogP contribution is -2.55. The number of hydrogen-bond donors (Lipinski definition) is 1. The fraction of sp³-hybridized carbons (Fsp3) is 0.579. The van der Waals surface area contributed by atoms with Gasteiger partial charge in [-0.25, -0.2) is 8.42 Å². The van der Waals surface area contributed by atoms with E-state index in [1.54, 1.807) is 12.1 Å². The number of rotatable bonds is 8. The van der Waals surface area contributed by atoms with Crippen molar-refractivity contribution in [3.63, 3.8) is 0 Å². The van der Waals surface area contributed by atoms with Crippen molar-refractivity contribution in [2.24, 2.45) is 0 Å². The predicted molar refractivity (Wildman–Crippen MR) is 104 cm³/mol. The van der Waals surface area contributed by atoms with E-state index in [1.165, 1.54) is 19.2 Å². The predicted octanol–water partition coefficient (Wildman–Crippen LogP) is 1.25. The molecule has 150 valence electrons. The van der Waals surface area contributed by atoms with Crippen molar-refractivity contribution in [1.82, 2.24) is 9.62 Å². The summed E-state index contributed by atoms with van der Waals surface area (Å²) in [7, 11) is -2.59. The van der Waals surface area contributed by atoms with Gasteiger partial charge in [0.1, 0.15) is 0 Å². The second-order valence-electron chi connectivity index (χ2n) is 6.94. The van der Waals surface area contributed by atoms with Crippen LogP contribution in [0, 0.1) is 0 Å². The van der Waals surface area contributed by atoms with Gasteiger partial charge in [0.2, 0.25) is 15.9 Å². The highest BCUT2D eigenvalue weighted by Crippen LogP contribution is 2.28. The van der Waals surface area contributed by atoms with Crippen LogP contribution in [0.1, 0.15) is 37.6 Å². The van der Waals surface area contributed by atoms with Crippen LogP contribution in [0.5, 0.6) is 0 Å². The lowest BCUT2D eigenvalue weighted by Gasteiger charge is -2.36. The summed E-state index contributed by atoms with van der Waals surface area (Å²) in [5.41, 5.74) is 0.0781. The molecule has 1 atom stereocenters. The minimum Gasteiger partial charge on any atom is -0.354 e. The third-order valence-corrected chi connectivity index (χ3v) is 7.67. The van der Waals surface area contributed by atoms with Crippen LogP contribution in [-0.2, 0) is 14.8 Å². The minimum absolute atomic E-state index is 0.0440. The van der Waals surface area contributed by atoms with Gasteiger partial charge in [-0.3, -0.25) is 9.59 Å². The van der Waals surface area contributed by atoms with E-state index in [1.807, 2.05) is 0 Å². The van der Waals surface area contributed by atoms with Crippen molar-refractivity contribution in [3.05, 3.63) is 29.8 Å². The molecule has 7 nitrogen and oxygen atoms in total. The van der Waals surface area contributed by atoms with Gasteiger partial charge in [-0.2, -0.15) is 4.31 Å². The Kier molecular flexibility index (Phi) is 6.77. The lowest BCUT2D eigenvalue weighted by atomic mass is 10.0. The van der Waals surface area contributed by atoms with E-state index in [0.717, 1.165) is 41.4 Å². The topological polar surface area (TPSA) is 83.5 Å². The van der Waals surface area contributed by atoms with Crippen LogP contribution in [-0.4, -0.2) is 74.7 Å². The number of sulfonamides is 1. The minimum atomic E-state index is -3.86. The van der Waals surface area contributed by atoms with Crippen molar-refractivity contribution < 1.29 is 22.5 Å². The first-order chi connectivity index (χ1) is 12.7. The second kappa shape index (κ2) is 8.50. The average Bonchev–Trinajstić information content (AvgIpc) is 2.67. The molecule has 0 spiro atoms. The van der Waals surface area contributed by atoms with Crippen LogP contribution in [0.2, 0.25) is 0 Å². The summed E-state index contributed by atoms with van der Waals surface area (Å²) >= 11 is 0. The molecule has 27 heavy (non-hydrogen) atoms. The number of benzene rings is 1. The quantitative estimate of drug-likeness (QED) is 0.407. The number of amides is 1. The van der Waals surface area contributed by atoms with Crippen LogP contribution >= 0.6 is 0 Å². The number of fused-ring (bicyclic) bond motifs is 1. The van der Waals surface area contributed by atoms with Gasteiger partial charge in [-0.05, 0) is 32.9 Å². The third kappa shape index (κ3) is 4.07. The Bertz CT molecular complexity index is 795. The number of likely N-dealkylation sites (N-methyl/N-ethyl adjacent to an activating group) is 1. The first-order valence-electron chi connectivity index (χ1n) is 9.48. The molecule has 1 N–H and O–H groups in total. The molecule has 0 saturated heterocycles. The Balaban J connectivity index is 2.08. The number of quaternary nitrogens is 1. The fourth-order valence-corrected chi connectivity index (χ4v) is 5.13. The summed E-state index contributed by atoms with van der Waals surface area (Å²) in [4.78, 5) is 25.3. The summed E-state index contributed by atoms with van der Waals surface area (Å²) < 4.78 is 27.1. The van der Waals surface area contributed by atoms with E-state index in [2.05, 4.69) is 26.1 Å². The standard InChI is InChI=1S/C19H29N3O4S/c1-5-22(6-2,7-3)14-10-13-20-19(24)17-18(23)15-11-8-9-12-16(15)27(25,26)21(17)4/h8-9,11-12,17H,5-7,10,13-14H2,1-4H3/p+1. The van der Waals surface area contributed by atoms with E-state index < -0.39 is 27.8 Å². The maximum Gasteiger partial charge on any atom is 0.246 e. The summed E-state index contributed by atoms with van der Waals surface area (Å²) in [6.45, 7) is 10.9.